The first-order valence-electron chi connectivity index (χ1n) is 5.69. The highest BCUT2D eigenvalue weighted by Gasteiger charge is 2.33. The van der Waals surface area contributed by atoms with Crippen LogP contribution in [-0.2, 0) is 5.54 Å². The van der Waals surface area contributed by atoms with Gasteiger partial charge in [-0.3, -0.25) is 0 Å². The van der Waals surface area contributed by atoms with Gasteiger partial charge in [0.2, 0.25) is 0 Å². The predicted molar refractivity (Wildman–Crippen MR) is 65.2 cm³/mol. The lowest BCUT2D eigenvalue weighted by molar-refractivity contribution is 0.331. The van der Waals surface area contributed by atoms with Crippen LogP contribution in [0.5, 0.6) is 0 Å². The van der Waals surface area contributed by atoms with E-state index in [1.165, 1.54) is 22.7 Å². The van der Waals surface area contributed by atoms with Crippen LogP contribution >= 0.6 is 11.3 Å². The molecule has 0 radical (unpaired) electrons. The first-order valence-corrected chi connectivity index (χ1v) is 6.51. The second kappa shape index (κ2) is 3.87. The third kappa shape index (κ3) is 2.58. The van der Waals surface area contributed by atoms with E-state index in [1.54, 1.807) is 11.3 Å². The summed E-state index contributed by atoms with van der Waals surface area (Å²) in [5.41, 5.74) is 0.0148. The summed E-state index contributed by atoms with van der Waals surface area (Å²) in [5.74, 6) is 0.894. The zero-order valence-electron chi connectivity index (χ0n) is 10.0. The van der Waals surface area contributed by atoms with Crippen LogP contribution in [0.25, 0.3) is 0 Å². The number of nitrogens with zero attached hydrogens (tertiary/aromatic N) is 1. The molecule has 1 aromatic rings. The molecule has 1 fully saturated rings. The zero-order valence-corrected chi connectivity index (χ0v) is 10.8. The molecular weight excluding hydrogens is 204 g/mol. The molecule has 84 valence electrons. The summed E-state index contributed by atoms with van der Waals surface area (Å²) < 4.78 is 0. The van der Waals surface area contributed by atoms with Gasteiger partial charge in [-0.1, -0.05) is 0 Å². The third-order valence-electron chi connectivity index (χ3n) is 3.07. The number of hydrogen-bond donors (Lipinski definition) is 1. The lowest BCUT2D eigenvalue weighted by atomic mass is 10.0. The standard InChI is InChI=1S/C12H20N2S/c1-8-7-13-11(15-8)12(3,4)14-9(2)10-5-6-10/h7,9-10,14H,5-6H2,1-4H3. The lowest BCUT2D eigenvalue weighted by Crippen LogP contribution is -2.43. The monoisotopic (exact) mass is 224 g/mol. The van der Waals surface area contributed by atoms with Crippen LogP contribution in [0.2, 0.25) is 0 Å². The molecule has 1 heterocycles. The fourth-order valence-corrected chi connectivity index (χ4v) is 2.82. The van der Waals surface area contributed by atoms with Crippen LogP contribution in [-0.4, -0.2) is 11.0 Å². The average molecular weight is 224 g/mol. The van der Waals surface area contributed by atoms with E-state index in [2.05, 4.69) is 38.0 Å². The van der Waals surface area contributed by atoms with E-state index in [9.17, 15) is 0 Å². The van der Waals surface area contributed by atoms with Crippen molar-refractivity contribution in [2.75, 3.05) is 0 Å². The van der Waals surface area contributed by atoms with E-state index in [1.807, 2.05) is 6.20 Å². The summed E-state index contributed by atoms with van der Waals surface area (Å²) in [4.78, 5) is 5.77. The largest absolute Gasteiger partial charge is 0.303 e. The first-order chi connectivity index (χ1) is 6.99. The normalized spacial score (nSPS) is 19.2. The molecule has 0 bridgehead atoms. The molecule has 0 saturated heterocycles. The smallest absolute Gasteiger partial charge is 0.112 e. The minimum Gasteiger partial charge on any atom is -0.303 e. The summed E-state index contributed by atoms with van der Waals surface area (Å²) in [6.07, 6.45) is 4.74. The van der Waals surface area contributed by atoms with Crippen LogP contribution in [0.4, 0.5) is 0 Å². The summed E-state index contributed by atoms with van der Waals surface area (Å²) >= 11 is 1.80. The van der Waals surface area contributed by atoms with Crippen LogP contribution in [0, 0.1) is 12.8 Å². The topological polar surface area (TPSA) is 24.9 Å². The fourth-order valence-electron chi connectivity index (χ4n) is 1.99. The van der Waals surface area contributed by atoms with Gasteiger partial charge in [-0.05, 0) is 46.5 Å². The van der Waals surface area contributed by atoms with E-state index in [4.69, 9.17) is 0 Å². The third-order valence-corrected chi connectivity index (χ3v) is 4.31. The van der Waals surface area contributed by atoms with Crippen molar-refractivity contribution in [3.8, 4) is 0 Å². The molecule has 15 heavy (non-hydrogen) atoms. The maximum absolute atomic E-state index is 4.48. The van der Waals surface area contributed by atoms with Gasteiger partial charge in [0.1, 0.15) is 5.01 Å². The van der Waals surface area contributed by atoms with Gasteiger partial charge >= 0.3 is 0 Å². The quantitative estimate of drug-likeness (QED) is 0.850. The molecule has 1 aromatic heterocycles. The molecule has 0 amide bonds. The molecule has 1 N–H and O–H groups in total. The van der Waals surface area contributed by atoms with E-state index in [0.717, 1.165) is 5.92 Å². The van der Waals surface area contributed by atoms with Gasteiger partial charge in [0, 0.05) is 17.1 Å². The van der Waals surface area contributed by atoms with Crippen molar-refractivity contribution in [2.24, 2.45) is 5.92 Å². The Balaban J connectivity index is 2.04. The van der Waals surface area contributed by atoms with Crippen molar-refractivity contribution in [3.05, 3.63) is 16.1 Å². The van der Waals surface area contributed by atoms with Crippen LogP contribution in [0.3, 0.4) is 0 Å². The highest BCUT2D eigenvalue weighted by atomic mass is 32.1. The number of nitrogens with one attached hydrogen (secondary N) is 1. The Labute approximate surface area is 96.1 Å². The van der Waals surface area contributed by atoms with Crippen molar-refractivity contribution in [1.82, 2.24) is 10.3 Å². The minimum atomic E-state index is 0.0148. The van der Waals surface area contributed by atoms with Gasteiger partial charge in [0.15, 0.2) is 0 Å². The molecule has 1 aliphatic carbocycles. The summed E-state index contributed by atoms with van der Waals surface area (Å²) in [5, 5.41) is 4.90. The van der Waals surface area contributed by atoms with Crippen molar-refractivity contribution >= 4 is 11.3 Å². The Morgan fingerprint density at radius 2 is 2.20 bits per heavy atom. The number of thiazole rings is 1. The maximum atomic E-state index is 4.48. The molecule has 1 unspecified atom stereocenters. The molecule has 2 rings (SSSR count). The van der Waals surface area contributed by atoms with E-state index in [-0.39, 0.29) is 5.54 Å². The Hall–Kier alpha value is -0.410. The molecular formula is C12H20N2S. The van der Waals surface area contributed by atoms with Gasteiger partial charge in [-0.25, -0.2) is 4.98 Å². The highest BCUT2D eigenvalue weighted by molar-refractivity contribution is 7.11. The second-order valence-electron chi connectivity index (χ2n) is 5.17. The molecule has 3 heteroatoms. The SMILES string of the molecule is Cc1cnc(C(C)(C)NC(C)C2CC2)s1. The van der Waals surface area contributed by atoms with Gasteiger partial charge in [-0.15, -0.1) is 11.3 Å². The number of aryl methyl sites for hydroxylation is 1. The van der Waals surface area contributed by atoms with Gasteiger partial charge < -0.3 is 5.32 Å². The molecule has 1 saturated carbocycles. The van der Waals surface area contributed by atoms with E-state index >= 15 is 0 Å². The lowest BCUT2D eigenvalue weighted by Gasteiger charge is -2.28. The van der Waals surface area contributed by atoms with Crippen molar-refractivity contribution < 1.29 is 0 Å². The Morgan fingerprint density at radius 3 is 2.67 bits per heavy atom. The molecule has 0 spiro atoms. The predicted octanol–water partition coefficient (Wildman–Crippen LogP) is 3.07. The zero-order chi connectivity index (χ0) is 11.1. The summed E-state index contributed by atoms with van der Waals surface area (Å²) in [6.45, 7) is 8.86. The van der Waals surface area contributed by atoms with Gasteiger partial charge in [-0.2, -0.15) is 0 Å². The Bertz CT molecular complexity index is 339. The van der Waals surface area contributed by atoms with E-state index < -0.39 is 0 Å². The van der Waals surface area contributed by atoms with Crippen molar-refractivity contribution in [1.29, 1.82) is 0 Å². The average Bonchev–Trinajstić information content (AvgIpc) is 2.88. The van der Waals surface area contributed by atoms with Gasteiger partial charge in [0.05, 0.1) is 5.54 Å². The van der Waals surface area contributed by atoms with E-state index in [0.29, 0.717) is 6.04 Å². The maximum Gasteiger partial charge on any atom is 0.112 e. The number of rotatable bonds is 4. The summed E-state index contributed by atoms with van der Waals surface area (Å²) in [7, 11) is 0. The Kier molecular flexibility index (Phi) is 2.86. The minimum absolute atomic E-state index is 0.0148. The van der Waals surface area contributed by atoms with Crippen molar-refractivity contribution in [2.45, 2.75) is 52.1 Å². The number of hydrogen-bond acceptors (Lipinski definition) is 3. The fraction of sp³-hybridized carbons (Fsp3) is 0.750. The van der Waals surface area contributed by atoms with Crippen LogP contribution in [0.15, 0.2) is 6.20 Å². The number of aromatic nitrogens is 1. The van der Waals surface area contributed by atoms with Crippen LogP contribution < -0.4 is 5.32 Å². The van der Waals surface area contributed by atoms with Gasteiger partial charge in [0.25, 0.3) is 0 Å². The van der Waals surface area contributed by atoms with Crippen LogP contribution in [0.1, 0.15) is 43.5 Å². The molecule has 1 atom stereocenters. The molecule has 2 nitrogen and oxygen atoms in total. The van der Waals surface area contributed by atoms with Crippen molar-refractivity contribution in [3.63, 3.8) is 0 Å². The highest BCUT2D eigenvalue weighted by Crippen LogP contribution is 2.35. The Morgan fingerprint density at radius 1 is 1.53 bits per heavy atom. The molecule has 1 aliphatic rings. The first kappa shape index (κ1) is 11.1. The molecule has 0 aliphatic heterocycles. The second-order valence-corrected chi connectivity index (χ2v) is 6.41. The molecule has 0 aromatic carbocycles. The summed E-state index contributed by atoms with van der Waals surface area (Å²) in [6, 6.07) is 0.615.